The number of primary amides is 1. The van der Waals surface area contributed by atoms with Gasteiger partial charge in [-0.3, -0.25) is 29.8 Å². The van der Waals surface area contributed by atoms with Gasteiger partial charge >= 0.3 is 12.0 Å². The van der Waals surface area contributed by atoms with Gasteiger partial charge in [-0.05, 0) is 30.4 Å². The molecule has 3 heterocycles. The fourth-order valence-corrected chi connectivity index (χ4v) is 5.65. The first kappa shape index (κ1) is 23.3. The minimum atomic E-state index is -1.79. The van der Waals surface area contributed by atoms with Crippen LogP contribution in [0.4, 0.5) is 16.2 Å². The number of carboxylic acid groups (broad SMARTS) is 1. The molecular formula is C21H21N5O7S. The molecule has 5 N–H and O–H groups in total. The predicted molar refractivity (Wildman–Crippen MR) is 120 cm³/mol. The van der Waals surface area contributed by atoms with Crippen molar-refractivity contribution in [2.24, 2.45) is 17.6 Å². The van der Waals surface area contributed by atoms with Crippen molar-refractivity contribution in [1.29, 1.82) is 0 Å². The molecule has 34 heavy (non-hydrogen) atoms. The highest BCUT2D eigenvalue weighted by atomic mass is 32.1. The first-order valence-electron chi connectivity index (χ1n) is 10.4. The van der Waals surface area contributed by atoms with Gasteiger partial charge < -0.3 is 16.2 Å². The van der Waals surface area contributed by atoms with Crippen molar-refractivity contribution in [3.63, 3.8) is 0 Å². The summed E-state index contributed by atoms with van der Waals surface area (Å²) >= 11 is 1.32. The Kier molecular flexibility index (Phi) is 6.06. The maximum atomic E-state index is 13.6. The molecule has 178 valence electrons. The lowest BCUT2D eigenvalue weighted by Gasteiger charge is -2.31. The Hall–Kier alpha value is -3.84. The minimum absolute atomic E-state index is 0.0122. The molecule has 0 saturated carbocycles. The molecule has 2 aliphatic heterocycles. The van der Waals surface area contributed by atoms with E-state index in [0.717, 1.165) is 11.0 Å². The Balaban J connectivity index is 1.76. The number of urea groups is 1. The third-order valence-electron chi connectivity index (χ3n) is 6.23. The van der Waals surface area contributed by atoms with E-state index >= 15 is 0 Å². The van der Waals surface area contributed by atoms with Crippen LogP contribution < -0.4 is 21.3 Å². The number of rotatable bonds is 8. The van der Waals surface area contributed by atoms with Gasteiger partial charge in [-0.1, -0.05) is 12.1 Å². The van der Waals surface area contributed by atoms with Crippen molar-refractivity contribution in [3.05, 3.63) is 56.8 Å². The van der Waals surface area contributed by atoms with E-state index in [2.05, 4.69) is 10.6 Å². The number of anilines is 1. The Bertz CT molecular complexity index is 1170. The average Bonchev–Trinajstić information content (AvgIpc) is 3.48. The molecule has 2 aliphatic rings. The molecule has 4 rings (SSSR count). The number of nitrogens with two attached hydrogens (primary N) is 1. The minimum Gasteiger partial charge on any atom is -0.480 e. The number of carboxylic acids is 1. The summed E-state index contributed by atoms with van der Waals surface area (Å²) in [5, 5.41) is 28.7. The van der Waals surface area contributed by atoms with Gasteiger partial charge in [0.15, 0.2) is 0 Å². The number of hydrogen-bond acceptors (Lipinski definition) is 8. The van der Waals surface area contributed by atoms with Crippen LogP contribution in [0.25, 0.3) is 0 Å². The highest BCUT2D eigenvalue weighted by molar-refractivity contribution is 7.10. The summed E-state index contributed by atoms with van der Waals surface area (Å²) in [7, 11) is 0. The van der Waals surface area contributed by atoms with Crippen molar-refractivity contribution in [2.45, 2.75) is 24.4 Å². The number of fused-ring (bicyclic) bond motifs is 1. The van der Waals surface area contributed by atoms with Crippen LogP contribution in [0.2, 0.25) is 0 Å². The van der Waals surface area contributed by atoms with E-state index in [0.29, 0.717) is 4.88 Å². The summed E-state index contributed by atoms with van der Waals surface area (Å²) in [6.45, 7) is 0.0871. The van der Waals surface area contributed by atoms with E-state index in [4.69, 9.17) is 5.73 Å². The largest absolute Gasteiger partial charge is 0.480 e. The van der Waals surface area contributed by atoms with E-state index in [1.807, 2.05) is 0 Å². The zero-order valence-electron chi connectivity index (χ0n) is 17.7. The number of non-ortho nitro benzene ring substituents is 1. The molecular weight excluding hydrogens is 466 g/mol. The fraction of sp³-hybridized carbons (Fsp3) is 0.333. The summed E-state index contributed by atoms with van der Waals surface area (Å²) in [4.78, 5) is 62.9. The maximum Gasteiger partial charge on any atom is 0.324 e. The molecule has 2 fully saturated rings. The maximum absolute atomic E-state index is 13.6. The molecule has 13 heteroatoms. The molecule has 1 aromatic heterocycles. The van der Waals surface area contributed by atoms with Gasteiger partial charge in [0.1, 0.15) is 5.54 Å². The van der Waals surface area contributed by atoms with Crippen molar-refractivity contribution in [3.8, 4) is 0 Å². The van der Waals surface area contributed by atoms with Gasteiger partial charge in [-0.15, -0.1) is 11.3 Å². The quantitative estimate of drug-likeness (QED) is 0.186. The van der Waals surface area contributed by atoms with Crippen LogP contribution in [0.15, 0.2) is 41.8 Å². The Morgan fingerprint density at radius 3 is 2.65 bits per heavy atom. The van der Waals surface area contributed by atoms with E-state index in [9.17, 15) is 34.4 Å². The topological polar surface area (TPSA) is 185 Å². The molecule has 0 aliphatic carbocycles. The smallest absolute Gasteiger partial charge is 0.324 e. The number of benzene rings is 1. The van der Waals surface area contributed by atoms with Gasteiger partial charge in [0.2, 0.25) is 11.8 Å². The predicted octanol–water partition coefficient (Wildman–Crippen LogP) is 1.38. The lowest BCUT2D eigenvalue weighted by Crippen LogP contribution is -2.56. The van der Waals surface area contributed by atoms with E-state index in [-0.39, 0.29) is 30.8 Å². The number of thiophene rings is 1. The van der Waals surface area contributed by atoms with Crippen molar-refractivity contribution in [2.75, 3.05) is 11.4 Å². The Labute approximate surface area is 196 Å². The summed E-state index contributed by atoms with van der Waals surface area (Å²) in [6, 6.07) is 7.11. The number of nitrogens with zero attached hydrogens (tertiary/aromatic N) is 2. The zero-order chi connectivity index (χ0) is 24.6. The molecule has 1 aromatic carbocycles. The second-order valence-electron chi connectivity index (χ2n) is 8.10. The molecule has 12 nitrogen and oxygen atoms in total. The molecule has 4 unspecified atom stereocenters. The molecule has 4 atom stereocenters. The number of carbonyl (C=O) groups excluding carboxylic acids is 3. The number of nitro groups is 1. The fourth-order valence-electron chi connectivity index (χ4n) is 4.83. The zero-order valence-corrected chi connectivity index (χ0v) is 18.5. The van der Waals surface area contributed by atoms with Gasteiger partial charge in [0.25, 0.3) is 5.69 Å². The van der Waals surface area contributed by atoms with Gasteiger partial charge in [-0.2, -0.15) is 0 Å². The summed E-state index contributed by atoms with van der Waals surface area (Å²) in [6.07, 6.45) is 0.119. The number of nitrogens with one attached hydrogen (secondary N) is 2. The summed E-state index contributed by atoms with van der Waals surface area (Å²) in [5.74, 6) is -4.95. The molecule has 4 amide bonds. The van der Waals surface area contributed by atoms with Crippen LogP contribution in [-0.4, -0.2) is 45.9 Å². The van der Waals surface area contributed by atoms with Gasteiger partial charge in [0, 0.05) is 23.6 Å². The molecule has 0 spiro atoms. The van der Waals surface area contributed by atoms with Gasteiger partial charge in [-0.25, -0.2) is 9.69 Å². The SMILES string of the molecule is NC(=O)NCCCC1(C(=O)O)NC(c2cccs2)C2C(=O)N(c3cccc([N+](=O)[O-])c3)C(=O)C21. The van der Waals surface area contributed by atoms with Crippen LogP contribution in [0.3, 0.4) is 0 Å². The van der Waals surface area contributed by atoms with Crippen LogP contribution in [0.5, 0.6) is 0 Å². The highest BCUT2D eigenvalue weighted by Crippen LogP contribution is 2.52. The summed E-state index contributed by atoms with van der Waals surface area (Å²) < 4.78 is 0. The van der Waals surface area contributed by atoms with Crippen LogP contribution in [-0.2, 0) is 14.4 Å². The first-order chi connectivity index (χ1) is 16.2. The van der Waals surface area contributed by atoms with E-state index < -0.39 is 52.2 Å². The average molecular weight is 487 g/mol. The number of nitro benzene ring substituents is 1. The van der Waals surface area contributed by atoms with Crippen LogP contribution in [0.1, 0.15) is 23.8 Å². The third kappa shape index (κ3) is 3.78. The van der Waals surface area contributed by atoms with Crippen molar-refractivity contribution < 1.29 is 29.2 Å². The van der Waals surface area contributed by atoms with Crippen LogP contribution >= 0.6 is 11.3 Å². The third-order valence-corrected chi connectivity index (χ3v) is 7.19. The monoisotopic (exact) mass is 487 g/mol. The Morgan fingerprint density at radius 2 is 2.03 bits per heavy atom. The van der Waals surface area contributed by atoms with Crippen LogP contribution in [0, 0.1) is 22.0 Å². The van der Waals surface area contributed by atoms with E-state index in [1.54, 1.807) is 17.5 Å². The second-order valence-corrected chi connectivity index (χ2v) is 9.08. The number of aliphatic carboxylic acids is 1. The first-order valence-corrected chi connectivity index (χ1v) is 11.3. The number of hydrogen-bond donors (Lipinski definition) is 4. The lowest BCUT2D eigenvalue weighted by molar-refractivity contribution is -0.384. The lowest BCUT2D eigenvalue weighted by atomic mass is 9.77. The van der Waals surface area contributed by atoms with Crippen molar-refractivity contribution >= 4 is 46.5 Å². The molecule has 2 saturated heterocycles. The molecule has 2 aromatic rings. The standard InChI is InChI=1S/C21H21N5O7S/c22-20(31)23-8-3-7-21(19(29)30)15-14(16(24-21)13-6-2-9-34-13)17(27)25(18(15)28)11-4-1-5-12(10-11)26(32)33/h1-2,4-6,9-10,14-16,24H,3,7-8H2,(H,29,30)(H3,22,23,31). The number of amides is 4. The van der Waals surface area contributed by atoms with Gasteiger partial charge in [0.05, 0.1) is 28.5 Å². The Morgan fingerprint density at radius 1 is 1.26 bits per heavy atom. The van der Waals surface area contributed by atoms with E-state index in [1.165, 1.54) is 29.5 Å². The molecule has 0 radical (unpaired) electrons. The second kappa shape index (κ2) is 8.83. The number of imide groups is 1. The summed E-state index contributed by atoms with van der Waals surface area (Å²) in [5.41, 5.74) is 2.99. The van der Waals surface area contributed by atoms with Crippen molar-refractivity contribution in [1.82, 2.24) is 10.6 Å². The molecule has 0 bridgehead atoms. The highest BCUT2D eigenvalue weighted by Gasteiger charge is 2.68. The normalized spacial score (nSPS) is 25.9. The number of carbonyl (C=O) groups is 4.